The van der Waals surface area contributed by atoms with Gasteiger partial charge in [0, 0.05) is 6.92 Å². The van der Waals surface area contributed by atoms with Crippen molar-refractivity contribution in [1.82, 2.24) is 4.98 Å². The van der Waals surface area contributed by atoms with Gasteiger partial charge in [-0.25, -0.2) is 9.78 Å². The number of aromatic nitrogens is 1. The van der Waals surface area contributed by atoms with Crippen LogP contribution in [0.2, 0.25) is 0 Å². The molecular weight excluding hydrogens is 190 g/mol. The van der Waals surface area contributed by atoms with Gasteiger partial charge in [0.1, 0.15) is 6.42 Å². The summed E-state index contributed by atoms with van der Waals surface area (Å²) in [5, 5.41) is 8.69. The molecule has 1 aromatic heterocycles. The van der Waals surface area contributed by atoms with E-state index >= 15 is 0 Å². The predicted molar refractivity (Wildman–Crippen MR) is 43.9 cm³/mol. The van der Waals surface area contributed by atoms with E-state index in [9.17, 15) is 9.59 Å². The second-order valence-corrected chi connectivity index (χ2v) is 2.56. The van der Waals surface area contributed by atoms with Crippen molar-refractivity contribution in [3.05, 3.63) is 17.3 Å². The summed E-state index contributed by atoms with van der Waals surface area (Å²) in [6.07, 6.45) is -0.223. The van der Waals surface area contributed by atoms with Gasteiger partial charge in [-0.3, -0.25) is 4.79 Å². The van der Waals surface area contributed by atoms with E-state index in [1.165, 1.54) is 14.0 Å². The first-order valence-electron chi connectivity index (χ1n) is 3.81. The number of carboxylic acids is 1. The molecular formula is C8H9NO5. The fourth-order valence-corrected chi connectivity index (χ4v) is 0.959. The lowest BCUT2D eigenvalue weighted by atomic mass is 10.2. The number of ether oxygens (including phenoxy) is 1. The zero-order valence-electron chi connectivity index (χ0n) is 7.73. The summed E-state index contributed by atoms with van der Waals surface area (Å²) in [6.45, 7) is 1.51. The van der Waals surface area contributed by atoms with Gasteiger partial charge in [-0.2, -0.15) is 0 Å². The van der Waals surface area contributed by atoms with E-state index in [0.717, 1.165) is 0 Å². The minimum Gasteiger partial charge on any atom is -0.476 e. The molecule has 0 amide bonds. The van der Waals surface area contributed by atoms with E-state index in [0.29, 0.717) is 0 Å². The summed E-state index contributed by atoms with van der Waals surface area (Å²) in [7, 11) is 1.21. The molecule has 0 unspecified atom stereocenters. The molecule has 76 valence electrons. The molecule has 6 nitrogen and oxygen atoms in total. The Labute approximate surface area is 79.5 Å². The zero-order chi connectivity index (χ0) is 10.7. The van der Waals surface area contributed by atoms with Gasteiger partial charge in [0.05, 0.1) is 7.11 Å². The maximum absolute atomic E-state index is 10.9. The van der Waals surface area contributed by atoms with Crippen LogP contribution in [-0.4, -0.2) is 29.1 Å². The van der Waals surface area contributed by atoms with Crippen LogP contribution in [-0.2, 0) is 16.0 Å². The van der Waals surface area contributed by atoms with Gasteiger partial charge in [-0.15, -0.1) is 0 Å². The highest BCUT2D eigenvalue weighted by atomic mass is 16.5. The number of methoxy groups -OCH3 is 1. The van der Waals surface area contributed by atoms with Crippen molar-refractivity contribution in [3.8, 4) is 0 Å². The fraction of sp³-hybridized carbons (Fsp3) is 0.375. The van der Waals surface area contributed by atoms with Crippen molar-refractivity contribution in [2.45, 2.75) is 13.3 Å². The number of aromatic carboxylic acids is 1. The molecule has 1 heterocycles. The van der Waals surface area contributed by atoms with Crippen molar-refractivity contribution >= 4 is 11.9 Å². The van der Waals surface area contributed by atoms with Crippen molar-refractivity contribution in [1.29, 1.82) is 0 Å². The van der Waals surface area contributed by atoms with E-state index in [2.05, 4.69) is 9.72 Å². The van der Waals surface area contributed by atoms with E-state index in [1.807, 2.05) is 0 Å². The summed E-state index contributed by atoms with van der Waals surface area (Å²) in [6, 6.07) is 0. The normalized spacial score (nSPS) is 9.86. The Balaban J connectivity index is 2.95. The van der Waals surface area contributed by atoms with Gasteiger partial charge in [-0.1, -0.05) is 0 Å². The van der Waals surface area contributed by atoms with Crippen LogP contribution in [0.4, 0.5) is 0 Å². The number of oxazole rings is 1. The minimum absolute atomic E-state index is 0.0156. The van der Waals surface area contributed by atoms with Crippen LogP contribution in [0.25, 0.3) is 0 Å². The van der Waals surface area contributed by atoms with E-state index in [4.69, 9.17) is 9.52 Å². The molecule has 6 heteroatoms. The predicted octanol–water partition coefficient (Wildman–Crippen LogP) is 0.397. The van der Waals surface area contributed by atoms with Gasteiger partial charge in [0.2, 0.25) is 0 Å². The Bertz CT molecular complexity index is 368. The first kappa shape index (κ1) is 10.2. The molecule has 0 saturated carbocycles. The smallest absolute Gasteiger partial charge is 0.358 e. The molecule has 0 aromatic carbocycles. The van der Waals surface area contributed by atoms with Crippen LogP contribution in [0.15, 0.2) is 4.42 Å². The average Bonchev–Trinajstić information content (AvgIpc) is 2.46. The number of hydrogen-bond donors (Lipinski definition) is 1. The van der Waals surface area contributed by atoms with Gasteiger partial charge < -0.3 is 14.3 Å². The number of nitrogens with zero attached hydrogens (tertiary/aromatic N) is 1. The molecule has 0 aliphatic carbocycles. The third-order valence-electron chi connectivity index (χ3n) is 1.54. The van der Waals surface area contributed by atoms with Gasteiger partial charge in [0.15, 0.2) is 17.3 Å². The summed E-state index contributed by atoms with van der Waals surface area (Å²) < 4.78 is 9.33. The lowest BCUT2D eigenvalue weighted by molar-refractivity contribution is -0.140. The van der Waals surface area contributed by atoms with Crippen LogP contribution in [0.3, 0.4) is 0 Å². The Hall–Kier alpha value is -1.85. The van der Waals surface area contributed by atoms with Gasteiger partial charge >= 0.3 is 11.9 Å². The third-order valence-corrected chi connectivity index (χ3v) is 1.54. The van der Waals surface area contributed by atoms with Crippen LogP contribution < -0.4 is 0 Å². The first-order chi connectivity index (χ1) is 6.54. The summed E-state index contributed by atoms with van der Waals surface area (Å²) in [4.78, 5) is 25.1. The summed E-state index contributed by atoms with van der Waals surface area (Å²) in [5.41, 5.74) is -0.243. The molecule has 1 rings (SSSR count). The zero-order valence-corrected chi connectivity index (χ0v) is 7.73. The number of carboxylic acid groups (broad SMARTS) is 1. The first-order valence-corrected chi connectivity index (χ1v) is 3.81. The van der Waals surface area contributed by atoms with Gasteiger partial charge in [0.25, 0.3) is 0 Å². The number of rotatable bonds is 3. The lowest BCUT2D eigenvalue weighted by Crippen LogP contribution is -2.08. The maximum atomic E-state index is 10.9. The second kappa shape index (κ2) is 3.91. The molecule has 0 atom stereocenters. The number of esters is 1. The third kappa shape index (κ3) is 2.09. The van der Waals surface area contributed by atoms with Crippen LogP contribution in [0, 0.1) is 6.92 Å². The molecule has 0 fully saturated rings. The summed E-state index contributed by atoms with van der Waals surface area (Å²) >= 11 is 0. The molecule has 14 heavy (non-hydrogen) atoms. The SMILES string of the molecule is COC(=O)Cc1oc(C)nc1C(=O)O. The summed E-state index contributed by atoms with van der Waals surface area (Å²) in [5.74, 6) is -1.56. The molecule has 0 saturated heterocycles. The van der Waals surface area contributed by atoms with Crippen molar-refractivity contribution in [2.24, 2.45) is 0 Å². The van der Waals surface area contributed by atoms with Gasteiger partial charge in [-0.05, 0) is 0 Å². The second-order valence-electron chi connectivity index (χ2n) is 2.56. The largest absolute Gasteiger partial charge is 0.476 e. The topological polar surface area (TPSA) is 89.6 Å². The number of aryl methyl sites for hydroxylation is 1. The Morgan fingerprint density at radius 3 is 2.71 bits per heavy atom. The van der Waals surface area contributed by atoms with E-state index in [1.54, 1.807) is 0 Å². The molecule has 1 N–H and O–H groups in total. The highest BCUT2D eigenvalue weighted by Crippen LogP contribution is 2.11. The molecule has 0 spiro atoms. The van der Waals surface area contributed by atoms with Crippen molar-refractivity contribution < 1.29 is 23.8 Å². The number of hydrogen-bond acceptors (Lipinski definition) is 5. The number of carbonyl (C=O) groups excluding carboxylic acids is 1. The Morgan fingerprint density at radius 1 is 1.57 bits per heavy atom. The van der Waals surface area contributed by atoms with Crippen LogP contribution in [0.5, 0.6) is 0 Å². The highest BCUT2D eigenvalue weighted by Gasteiger charge is 2.20. The lowest BCUT2D eigenvalue weighted by Gasteiger charge is -1.95. The van der Waals surface area contributed by atoms with E-state index < -0.39 is 11.9 Å². The maximum Gasteiger partial charge on any atom is 0.358 e. The highest BCUT2D eigenvalue weighted by molar-refractivity contribution is 5.88. The minimum atomic E-state index is -1.22. The van der Waals surface area contributed by atoms with E-state index in [-0.39, 0.29) is 23.8 Å². The molecule has 0 aliphatic heterocycles. The molecule has 0 radical (unpaired) electrons. The molecule has 0 aliphatic rings. The number of carbonyl (C=O) groups is 2. The molecule has 0 bridgehead atoms. The average molecular weight is 199 g/mol. The van der Waals surface area contributed by atoms with Crippen LogP contribution in [0.1, 0.15) is 22.1 Å². The monoisotopic (exact) mass is 199 g/mol. The van der Waals surface area contributed by atoms with Crippen LogP contribution >= 0.6 is 0 Å². The van der Waals surface area contributed by atoms with Crippen molar-refractivity contribution in [3.63, 3.8) is 0 Å². The standard InChI is InChI=1S/C8H9NO5/c1-4-9-7(8(11)12)5(14-4)3-6(10)13-2/h3H2,1-2H3,(H,11,12). The molecule has 1 aromatic rings. The Kier molecular flexibility index (Phi) is 2.85. The fourth-order valence-electron chi connectivity index (χ4n) is 0.959. The van der Waals surface area contributed by atoms with Crippen molar-refractivity contribution in [2.75, 3.05) is 7.11 Å². The quantitative estimate of drug-likeness (QED) is 0.708. The Morgan fingerprint density at radius 2 is 2.21 bits per heavy atom.